The van der Waals surface area contributed by atoms with E-state index in [4.69, 9.17) is 9.47 Å². The molecule has 130 valence electrons. The van der Waals surface area contributed by atoms with Gasteiger partial charge in [-0.1, -0.05) is 36.4 Å². The van der Waals surface area contributed by atoms with Gasteiger partial charge < -0.3 is 9.47 Å². The highest BCUT2D eigenvalue weighted by Crippen LogP contribution is 2.21. The molecule has 2 aromatic carbocycles. The SMILES string of the molecule is Cc1cc(C(=O)C=Cc2ccccc2)ccc1OC(=O)OC(C)(C)C. The third kappa shape index (κ3) is 5.92. The fourth-order valence-electron chi connectivity index (χ4n) is 2.11. The normalized spacial score (nSPS) is 11.4. The standard InChI is InChI=1S/C21H22O4/c1-15-14-17(18(22)12-10-16-8-6-5-7-9-16)11-13-19(15)24-20(23)25-21(2,3)4/h5-14H,1-4H3. The van der Waals surface area contributed by atoms with Crippen LogP contribution in [0.5, 0.6) is 5.75 Å². The zero-order valence-electron chi connectivity index (χ0n) is 14.9. The number of hydrogen-bond donors (Lipinski definition) is 0. The summed E-state index contributed by atoms with van der Waals surface area (Å²) in [6.45, 7) is 7.07. The fourth-order valence-corrected chi connectivity index (χ4v) is 2.11. The van der Waals surface area contributed by atoms with Gasteiger partial charge in [0, 0.05) is 5.56 Å². The lowest BCUT2D eigenvalue weighted by molar-refractivity contribution is 0.0205. The van der Waals surface area contributed by atoms with E-state index in [0.717, 1.165) is 5.56 Å². The van der Waals surface area contributed by atoms with Crippen LogP contribution in [0, 0.1) is 6.92 Å². The second-order valence-corrected chi connectivity index (χ2v) is 6.66. The van der Waals surface area contributed by atoms with Gasteiger partial charge in [-0.3, -0.25) is 4.79 Å². The van der Waals surface area contributed by atoms with E-state index in [1.807, 2.05) is 30.3 Å². The molecule has 0 aliphatic rings. The third-order valence-corrected chi connectivity index (χ3v) is 3.27. The van der Waals surface area contributed by atoms with Crippen molar-refractivity contribution in [3.63, 3.8) is 0 Å². The van der Waals surface area contributed by atoms with Gasteiger partial charge in [0.1, 0.15) is 11.4 Å². The van der Waals surface area contributed by atoms with Crippen LogP contribution in [0.4, 0.5) is 4.79 Å². The summed E-state index contributed by atoms with van der Waals surface area (Å²) < 4.78 is 10.3. The van der Waals surface area contributed by atoms with Gasteiger partial charge in [-0.05, 0) is 63.1 Å². The molecule has 0 fully saturated rings. The molecule has 2 rings (SSSR count). The Morgan fingerprint density at radius 1 is 1.00 bits per heavy atom. The van der Waals surface area contributed by atoms with Gasteiger partial charge in [-0.25, -0.2) is 4.79 Å². The van der Waals surface area contributed by atoms with Crippen molar-refractivity contribution < 1.29 is 19.1 Å². The van der Waals surface area contributed by atoms with Crippen LogP contribution in [-0.4, -0.2) is 17.5 Å². The average molecular weight is 338 g/mol. The van der Waals surface area contributed by atoms with Crippen LogP contribution in [0.3, 0.4) is 0 Å². The maximum absolute atomic E-state index is 12.3. The Hall–Kier alpha value is -2.88. The summed E-state index contributed by atoms with van der Waals surface area (Å²) in [6, 6.07) is 14.5. The Bertz CT molecular complexity index is 783. The lowest BCUT2D eigenvalue weighted by Gasteiger charge is -2.19. The van der Waals surface area contributed by atoms with Crippen molar-refractivity contribution >= 4 is 18.0 Å². The van der Waals surface area contributed by atoms with Crippen molar-refractivity contribution in [3.05, 3.63) is 71.3 Å². The lowest BCUT2D eigenvalue weighted by atomic mass is 10.1. The molecule has 25 heavy (non-hydrogen) atoms. The molecule has 0 aliphatic heterocycles. The molecule has 0 atom stereocenters. The molecule has 0 heterocycles. The predicted molar refractivity (Wildman–Crippen MR) is 97.8 cm³/mol. The first-order chi connectivity index (χ1) is 11.7. The molecule has 0 radical (unpaired) electrons. The van der Waals surface area contributed by atoms with E-state index in [0.29, 0.717) is 16.9 Å². The van der Waals surface area contributed by atoms with Gasteiger partial charge in [-0.2, -0.15) is 0 Å². The molecule has 0 spiro atoms. The van der Waals surface area contributed by atoms with E-state index in [2.05, 4.69) is 0 Å². The minimum absolute atomic E-state index is 0.115. The Kier molecular flexibility index (Phi) is 5.75. The topological polar surface area (TPSA) is 52.6 Å². The largest absolute Gasteiger partial charge is 0.514 e. The minimum Gasteiger partial charge on any atom is -0.428 e. The molecule has 2 aromatic rings. The summed E-state index contributed by atoms with van der Waals surface area (Å²) in [5.41, 5.74) is 1.55. The molecule has 0 amide bonds. The smallest absolute Gasteiger partial charge is 0.428 e. The molecule has 4 heteroatoms. The van der Waals surface area contributed by atoms with Crippen LogP contribution in [-0.2, 0) is 4.74 Å². The highest BCUT2D eigenvalue weighted by Gasteiger charge is 2.19. The number of ether oxygens (including phenoxy) is 2. The number of carbonyl (C=O) groups excluding carboxylic acids is 2. The van der Waals surface area contributed by atoms with E-state index in [1.54, 1.807) is 52.0 Å². The average Bonchev–Trinajstić information content (AvgIpc) is 2.53. The molecule has 0 unspecified atom stereocenters. The molecule has 0 saturated heterocycles. The third-order valence-electron chi connectivity index (χ3n) is 3.27. The number of ketones is 1. The van der Waals surface area contributed by atoms with Gasteiger partial charge in [0.25, 0.3) is 0 Å². The van der Waals surface area contributed by atoms with Crippen LogP contribution >= 0.6 is 0 Å². The number of aryl methyl sites for hydroxylation is 1. The van der Waals surface area contributed by atoms with E-state index in [9.17, 15) is 9.59 Å². The highest BCUT2D eigenvalue weighted by molar-refractivity contribution is 6.07. The summed E-state index contributed by atoms with van der Waals surface area (Å²) in [5, 5.41) is 0. The Labute approximate surface area is 148 Å². The zero-order chi connectivity index (χ0) is 18.4. The van der Waals surface area contributed by atoms with E-state index in [1.165, 1.54) is 6.08 Å². The minimum atomic E-state index is -0.765. The van der Waals surface area contributed by atoms with Crippen molar-refractivity contribution in [3.8, 4) is 5.75 Å². The molecular weight excluding hydrogens is 316 g/mol. The molecule has 0 N–H and O–H groups in total. The lowest BCUT2D eigenvalue weighted by Crippen LogP contribution is -2.26. The quantitative estimate of drug-likeness (QED) is 0.332. The summed E-state index contributed by atoms with van der Waals surface area (Å²) >= 11 is 0. The monoisotopic (exact) mass is 338 g/mol. The molecular formula is C21H22O4. The first-order valence-electron chi connectivity index (χ1n) is 8.03. The van der Waals surface area contributed by atoms with Crippen LogP contribution in [0.1, 0.15) is 42.3 Å². The van der Waals surface area contributed by atoms with Gasteiger partial charge >= 0.3 is 6.16 Å². The predicted octanol–water partition coefficient (Wildman–Crippen LogP) is 5.21. The second kappa shape index (κ2) is 7.79. The Balaban J connectivity index is 2.07. The maximum Gasteiger partial charge on any atom is 0.514 e. The van der Waals surface area contributed by atoms with E-state index >= 15 is 0 Å². The first-order valence-corrected chi connectivity index (χ1v) is 8.03. The summed E-state index contributed by atoms with van der Waals surface area (Å²) in [5.74, 6) is 0.258. The van der Waals surface area contributed by atoms with Crippen LogP contribution in [0.2, 0.25) is 0 Å². The number of rotatable bonds is 4. The van der Waals surface area contributed by atoms with E-state index in [-0.39, 0.29) is 5.78 Å². The van der Waals surface area contributed by atoms with Crippen LogP contribution in [0.25, 0.3) is 6.08 Å². The molecule has 0 saturated carbocycles. The highest BCUT2D eigenvalue weighted by atomic mass is 16.7. The second-order valence-electron chi connectivity index (χ2n) is 6.66. The van der Waals surface area contributed by atoms with Crippen LogP contribution in [0.15, 0.2) is 54.6 Å². The van der Waals surface area contributed by atoms with Crippen molar-refractivity contribution in [2.45, 2.75) is 33.3 Å². The molecule has 0 aliphatic carbocycles. The van der Waals surface area contributed by atoms with Crippen molar-refractivity contribution in [1.29, 1.82) is 0 Å². The molecule has 4 nitrogen and oxygen atoms in total. The maximum atomic E-state index is 12.3. The summed E-state index contributed by atoms with van der Waals surface area (Å²) in [7, 11) is 0. The number of allylic oxidation sites excluding steroid dienone is 1. The Morgan fingerprint density at radius 2 is 1.68 bits per heavy atom. The zero-order valence-corrected chi connectivity index (χ0v) is 14.9. The Morgan fingerprint density at radius 3 is 2.28 bits per heavy atom. The van der Waals surface area contributed by atoms with Crippen molar-refractivity contribution in [2.24, 2.45) is 0 Å². The molecule has 0 aromatic heterocycles. The fraction of sp³-hybridized carbons (Fsp3) is 0.238. The van der Waals surface area contributed by atoms with Gasteiger partial charge in [0.15, 0.2) is 5.78 Å². The number of hydrogen-bond acceptors (Lipinski definition) is 4. The van der Waals surface area contributed by atoms with Gasteiger partial charge in [-0.15, -0.1) is 0 Å². The van der Waals surface area contributed by atoms with Crippen LogP contribution < -0.4 is 4.74 Å². The van der Waals surface area contributed by atoms with Crippen molar-refractivity contribution in [1.82, 2.24) is 0 Å². The van der Waals surface area contributed by atoms with Gasteiger partial charge in [0.2, 0.25) is 0 Å². The van der Waals surface area contributed by atoms with Crippen molar-refractivity contribution in [2.75, 3.05) is 0 Å². The summed E-state index contributed by atoms with van der Waals surface area (Å²) in [4.78, 5) is 24.0. The molecule has 0 bridgehead atoms. The number of benzene rings is 2. The van der Waals surface area contributed by atoms with E-state index < -0.39 is 11.8 Å². The number of carbonyl (C=O) groups is 2. The van der Waals surface area contributed by atoms with Gasteiger partial charge in [0.05, 0.1) is 0 Å². The summed E-state index contributed by atoms with van der Waals surface area (Å²) in [6.07, 6.45) is 2.53. The first kappa shape index (κ1) is 18.5.